The SMILES string of the molecule is COCCN=C(NN)N1CCC(C)CC1. The van der Waals surface area contributed by atoms with Crippen molar-refractivity contribution in [3.63, 3.8) is 0 Å². The number of hydrazine groups is 1. The first-order valence-corrected chi connectivity index (χ1v) is 5.53. The van der Waals surface area contributed by atoms with Crippen LogP contribution in [-0.2, 0) is 4.74 Å². The van der Waals surface area contributed by atoms with Crippen LogP contribution < -0.4 is 11.3 Å². The fourth-order valence-electron chi connectivity index (χ4n) is 1.70. The zero-order valence-electron chi connectivity index (χ0n) is 9.70. The third-order valence-electron chi connectivity index (χ3n) is 2.77. The highest BCUT2D eigenvalue weighted by molar-refractivity contribution is 5.79. The summed E-state index contributed by atoms with van der Waals surface area (Å²) in [5, 5.41) is 0. The van der Waals surface area contributed by atoms with Crippen molar-refractivity contribution < 1.29 is 4.74 Å². The molecule has 0 atom stereocenters. The van der Waals surface area contributed by atoms with E-state index in [9.17, 15) is 0 Å². The molecule has 5 nitrogen and oxygen atoms in total. The summed E-state index contributed by atoms with van der Waals surface area (Å²) in [6, 6.07) is 0. The van der Waals surface area contributed by atoms with Crippen molar-refractivity contribution in [3.05, 3.63) is 0 Å². The van der Waals surface area contributed by atoms with Gasteiger partial charge in [-0.2, -0.15) is 0 Å². The predicted octanol–water partition coefficient (Wildman–Crippen LogP) is 0.184. The lowest BCUT2D eigenvalue weighted by Gasteiger charge is -2.32. The molecule has 0 bridgehead atoms. The highest BCUT2D eigenvalue weighted by atomic mass is 16.5. The molecular formula is C10H22N4O. The Morgan fingerprint density at radius 2 is 2.20 bits per heavy atom. The van der Waals surface area contributed by atoms with E-state index in [1.165, 1.54) is 12.8 Å². The van der Waals surface area contributed by atoms with Gasteiger partial charge < -0.3 is 9.64 Å². The first-order valence-electron chi connectivity index (χ1n) is 5.53. The molecule has 5 heteroatoms. The van der Waals surface area contributed by atoms with Gasteiger partial charge in [0.25, 0.3) is 0 Å². The predicted molar refractivity (Wildman–Crippen MR) is 61.5 cm³/mol. The molecule has 0 spiro atoms. The van der Waals surface area contributed by atoms with Crippen LogP contribution in [0.4, 0.5) is 0 Å². The molecule has 0 unspecified atom stereocenters. The van der Waals surface area contributed by atoms with Crippen LogP contribution in [0.3, 0.4) is 0 Å². The van der Waals surface area contributed by atoms with Crippen LogP contribution in [0.15, 0.2) is 4.99 Å². The maximum Gasteiger partial charge on any atom is 0.208 e. The van der Waals surface area contributed by atoms with Crippen molar-refractivity contribution in [1.82, 2.24) is 10.3 Å². The van der Waals surface area contributed by atoms with E-state index in [4.69, 9.17) is 10.6 Å². The van der Waals surface area contributed by atoms with Gasteiger partial charge in [-0.1, -0.05) is 6.92 Å². The molecule has 1 aliphatic heterocycles. The topological polar surface area (TPSA) is 62.9 Å². The summed E-state index contributed by atoms with van der Waals surface area (Å²) >= 11 is 0. The summed E-state index contributed by atoms with van der Waals surface area (Å²) in [5.41, 5.74) is 2.67. The van der Waals surface area contributed by atoms with Gasteiger partial charge in [0, 0.05) is 20.2 Å². The number of nitrogens with one attached hydrogen (secondary N) is 1. The van der Waals surface area contributed by atoms with Gasteiger partial charge in [0.2, 0.25) is 5.96 Å². The van der Waals surface area contributed by atoms with Gasteiger partial charge in [-0.3, -0.25) is 5.43 Å². The summed E-state index contributed by atoms with van der Waals surface area (Å²) in [5.74, 6) is 7.07. The molecule has 1 saturated heterocycles. The fraction of sp³-hybridized carbons (Fsp3) is 0.900. The molecule has 15 heavy (non-hydrogen) atoms. The highest BCUT2D eigenvalue weighted by Crippen LogP contribution is 2.15. The summed E-state index contributed by atoms with van der Waals surface area (Å²) in [6.07, 6.45) is 2.43. The molecule has 0 aliphatic carbocycles. The van der Waals surface area contributed by atoms with E-state index < -0.39 is 0 Å². The molecule has 0 aromatic carbocycles. The van der Waals surface area contributed by atoms with Gasteiger partial charge in [-0.05, 0) is 18.8 Å². The van der Waals surface area contributed by atoms with Gasteiger partial charge in [0.1, 0.15) is 0 Å². The second-order valence-electron chi connectivity index (χ2n) is 4.01. The first kappa shape index (κ1) is 12.3. The maximum absolute atomic E-state index is 5.46. The quantitative estimate of drug-likeness (QED) is 0.231. The van der Waals surface area contributed by atoms with Gasteiger partial charge in [-0.25, -0.2) is 10.8 Å². The van der Waals surface area contributed by atoms with E-state index in [0.717, 1.165) is 25.0 Å². The Kier molecular flexibility index (Phi) is 5.42. The third-order valence-corrected chi connectivity index (χ3v) is 2.77. The van der Waals surface area contributed by atoms with Crippen LogP contribution in [0.2, 0.25) is 0 Å². The van der Waals surface area contributed by atoms with Crippen LogP contribution in [0.5, 0.6) is 0 Å². The number of ether oxygens (including phenoxy) is 1. The van der Waals surface area contributed by atoms with Crippen molar-refractivity contribution in [2.75, 3.05) is 33.4 Å². The van der Waals surface area contributed by atoms with E-state index in [2.05, 4.69) is 22.2 Å². The van der Waals surface area contributed by atoms with Crippen molar-refractivity contribution in [2.24, 2.45) is 16.8 Å². The third kappa shape index (κ3) is 4.05. The van der Waals surface area contributed by atoms with E-state index in [-0.39, 0.29) is 0 Å². The van der Waals surface area contributed by atoms with E-state index >= 15 is 0 Å². The van der Waals surface area contributed by atoms with Crippen LogP contribution in [-0.4, -0.2) is 44.2 Å². The number of nitrogens with zero attached hydrogens (tertiary/aromatic N) is 2. The molecule has 1 fully saturated rings. The summed E-state index contributed by atoms with van der Waals surface area (Å²) in [6.45, 7) is 5.65. The standard InChI is InChI=1S/C10H22N4O/c1-9-3-6-14(7-4-9)10(13-11)12-5-8-15-2/h9H,3-8,11H2,1-2H3,(H,12,13). The number of likely N-dealkylation sites (tertiary alicyclic amines) is 1. The van der Waals surface area contributed by atoms with Crippen molar-refractivity contribution in [1.29, 1.82) is 0 Å². The molecule has 0 amide bonds. The molecule has 1 aliphatic rings. The Balaban J connectivity index is 2.40. The van der Waals surface area contributed by atoms with Gasteiger partial charge in [0.15, 0.2) is 0 Å². The van der Waals surface area contributed by atoms with E-state index in [1.54, 1.807) is 7.11 Å². The number of methoxy groups -OCH3 is 1. The Labute approximate surface area is 91.6 Å². The molecule has 0 aromatic rings. The number of aliphatic imine (C=N–C) groups is 1. The molecule has 1 heterocycles. The summed E-state index contributed by atoms with van der Waals surface area (Å²) in [7, 11) is 1.67. The zero-order valence-corrected chi connectivity index (χ0v) is 9.70. The van der Waals surface area contributed by atoms with Crippen molar-refractivity contribution in [3.8, 4) is 0 Å². The summed E-state index contributed by atoms with van der Waals surface area (Å²) in [4.78, 5) is 6.57. The Morgan fingerprint density at radius 1 is 1.53 bits per heavy atom. The second-order valence-corrected chi connectivity index (χ2v) is 4.01. The average Bonchev–Trinajstić information content (AvgIpc) is 2.26. The lowest BCUT2D eigenvalue weighted by molar-refractivity contribution is 0.206. The Bertz CT molecular complexity index is 200. The molecule has 3 N–H and O–H groups in total. The molecule has 0 aromatic heterocycles. The number of hydrogen-bond acceptors (Lipinski definition) is 3. The summed E-state index contributed by atoms with van der Waals surface area (Å²) < 4.78 is 4.95. The number of guanidine groups is 1. The minimum absolute atomic E-state index is 0.634. The monoisotopic (exact) mass is 214 g/mol. The second kappa shape index (κ2) is 6.63. The molecular weight excluding hydrogens is 192 g/mol. The molecule has 1 rings (SSSR count). The lowest BCUT2D eigenvalue weighted by Crippen LogP contribution is -2.48. The fourth-order valence-corrected chi connectivity index (χ4v) is 1.70. The zero-order chi connectivity index (χ0) is 11.1. The first-order chi connectivity index (χ1) is 7.27. The number of rotatable bonds is 3. The van der Waals surface area contributed by atoms with Crippen LogP contribution in [0, 0.1) is 5.92 Å². The Hall–Kier alpha value is -0.810. The minimum atomic E-state index is 0.634. The van der Waals surface area contributed by atoms with E-state index in [1.807, 2.05) is 0 Å². The lowest BCUT2D eigenvalue weighted by atomic mass is 10.00. The van der Waals surface area contributed by atoms with Crippen LogP contribution >= 0.6 is 0 Å². The van der Waals surface area contributed by atoms with Gasteiger partial charge in [-0.15, -0.1) is 0 Å². The average molecular weight is 214 g/mol. The molecule has 88 valence electrons. The smallest absolute Gasteiger partial charge is 0.208 e. The van der Waals surface area contributed by atoms with Gasteiger partial charge >= 0.3 is 0 Å². The normalized spacial score (nSPS) is 19.4. The highest BCUT2D eigenvalue weighted by Gasteiger charge is 2.17. The largest absolute Gasteiger partial charge is 0.383 e. The minimum Gasteiger partial charge on any atom is -0.383 e. The molecule has 0 radical (unpaired) electrons. The van der Waals surface area contributed by atoms with Crippen LogP contribution in [0.1, 0.15) is 19.8 Å². The van der Waals surface area contributed by atoms with E-state index in [0.29, 0.717) is 13.2 Å². The van der Waals surface area contributed by atoms with Crippen molar-refractivity contribution >= 4 is 5.96 Å². The van der Waals surface area contributed by atoms with Crippen molar-refractivity contribution in [2.45, 2.75) is 19.8 Å². The number of hydrogen-bond donors (Lipinski definition) is 2. The van der Waals surface area contributed by atoms with Crippen LogP contribution in [0.25, 0.3) is 0 Å². The van der Waals surface area contributed by atoms with Gasteiger partial charge in [0.05, 0.1) is 13.2 Å². The molecule has 0 saturated carbocycles. The number of piperidine rings is 1. The number of nitrogens with two attached hydrogens (primary N) is 1. The maximum atomic E-state index is 5.46. The Morgan fingerprint density at radius 3 is 2.73 bits per heavy atom.